The molecule has 2 aromatic carbocycles. The number of anilines is 1. The van der Waals surface area contributed by atoms with Crippen molar-refractivity contribution in [1.29, 1.82) is 0 Å². The topological polar surface area (TPSA) is 84.9 Å². The summed E-state index contributed by atoms with van der Waals surface area (Å²) < 4.78 is 11.2. The van der Waals surface area contributed by atoms with Crippen molar-refractivity contribution in [2.75, 3.05) is 25.1 Å². The first-order chi connectivity index (χ1) is 15.9. The molecule has 0 saturated carbocycles. The molecule has 1 saturated heterocycles. The fraction of sp³-hybridized carbons (Fsp3) is 0.292. The van der Waals surface area contributed by atoms with E-state index in [1.165, 1.54) is 0 Å². The minimum atomic E-state index is -0.538. The zero-order valence-corrected chi connectivity index (χ0v) is 20.2. The first-order valence-corrected chi connectivity index (χ1v) is 11.8. The summed E-state index contributed by atoms with van der Waals surface area (Å²) in [7, 11) is 0. The van der Waals surface area contributed by atoms with E-state index < -0.39 is 17.1 Å². The van der Waals surface area contributed by atoms with Crippen molar-refractivity contribution in [3.8, 4) is 11.5 Å². The predicted octanol–water partition coefficient (Wildman–Crippen LogP) is 5.37. The molecule has 0 unspecified atom stereocenters. The maximum Gasteiger partial charge on any atom is 0.294 e. The minimum absolute atomic E-state index is 0.197. The van der Waals surface area contributed by atoms with Gasteiger partial charge in [-0.15, -0.1) is 0 Å². The number of carbonyl (C=O) groups is 3. The predicted molar refractivity (Wildman–Crippen MR) is 131 cm³/mol. The molecule has 0 aromatic heterocycles. The third kappa shape index (κ3) is 6.09. The van der Waals surface area contributed by atoms with Gasteiger partial charge in [0.2, 0.25) is 5.91 Å². The highest BCUT2D eigenvalue weighted by Gasteiger charge is 2.36. The van der Waals surface area contributed by atoms with Gasteiger partial charge in [0.25, 0.3) is 11.1 Å². The van der Waals surface area contributed by atoms with Gasteiger partial charge in [-0.25, -0.2) is 0 Å². The van der Waals surface area contributed by atoms with Crippen LogP contribution in [0.2, 0.25) is 5.02 Å². The fourth-order valence-corrected chi connectivity index (χ4v) is 4.29. The summed E-state index contributed by atoms with van der Waals surface area (Å²) in [5.74, 6) is -0.115. The number of thioether (sulfide) groups is 1. The molecule has 1 aliphatic rings. The van der Waals surface area contributed by atoms with Crippen molar-refractivity contribution in [2.45, 2.75) is 27.2 Å². The van der Waals surface area contributed by atoms with Crippen LogP contribution in [0.1, 0.15) is 31.9 Å². The average Bonchev–Trinajstić information content (AvgIpc) is 3.04. The van der Waals surface area contributed by atoms with Gasteiger partial charge >= 0.3 is 0 Å². The van der Waals surface area contributed by atoms with Crippen LogP contribution in [0.15, 0.2) is 41.3 Å². The van der Waals surface area contributed by atoms with Gasteiger partial charge < -0.3 is 14.8 Å². The maximum absolute atomic E-state index is 12.8. The van der Waals surface area contributed by atoms with E-state index in [0.717, 1.165) is 28.6 Å². The van der Waals surface area contributed by atoms with Crippen molar-refractivity contribution in [2.24, 2.45) is 0 Å². The first kappa shape index (κ1) is 24.7. The number of amides is 3. The number of hydrogen-bond acceptors (Lipinski definition) is 6. The first-order valence-electron chi connectivity index (χ1n) is 10.6. The molecule has 0 spiro atoms. The Balaban J connectivity index is 1.74. The summed E-state index contributed by atoms with van der Waals surface area (Å²) in [6.45, 7) is 6.18. The van der Waals surface area contributed by atoms with Gasteiger partial charge in [0.15, 0.2) is 11.5 Å². The third-order valence-electron chi connectivity index (χ3n) is 4.74. The van der Waals surface area contributed by atoms with Crippen LogP contribution in [0, 0.1) is 0 Å². The van der Waals surface area contributed by atoms with Crippen LogP contribution in [-0.4, -0.2) is 41.7 Å². The van der Waals surface area contributed by atoms with E-state index in [-0.39, 0.29) is 11.4 Å². The second-order valence-corrected chi connectivity index (χ2v) is 8.46. The number of carbonyl (C=O) groups excluding carboxylic acids is 3. The number of rotatable bonds is 9. The van der Waals surface area contributed by atoms with Crippen LogP contribution in [0.4, 0.5) is 10.5 Å². The smallest absolute Gasteiger partial charge is 0.294 e. The third-order valence-corrected chi connectivity index (χ3v) is 5.93. The standard InChI is InChI=1S/C24H25ClN2O5S/c1-4-15-7-9-17(10-8-15)26-21(28)14-27-23(29)20(33-24(27)30)13-16-11-18(25)22(32-6-3)19(12-16)31-5-2/h7-13H,4-6,14H2,1-3H3,(H,26,28)/b20-13+. The number of benzene rings is 2. The Kier molecular flexibility index (Phi) is 8.41. The molecule has 1 N–H and O–H groups in total. The zero-order chi connectivity index (χ0) is 24.0. The Labute approximate surface area is 202 Å². The number of ether oxygens (including phenoxy) is 2. The number of imide groups is 1. The molecule has 174 valence electrons. The SMILES string of the molecule is CCOc1cc(/C=C2/SC(=O)N(CC(=O)Nc3ccc(CC)cc3)C2=O)cc(Cl)c1OCC. The Bertz CT molecular complexity index is 1090. The lowest BCUT2D eigenvalue weighted by molar-refractivity contribution is -0.127. The second-order valence-electron chi connectivity index (χ2n) is 7.06. The van der Waals surface area contributed by atoms with Gasteiger partial charge in [-0.05, 0) is 73.5 Å². The van der Waals surface area contributed by atoms with E-state index in [4.69, 9.17) is 21.1 Å². The Morgan fingerprint density at radius 2 is 1.79 bits per heavy atom. The van der Waals surface area contributed by atoms with Crippen molar-refractivity contribution in [3.05, 3.63) is 57.5 Å². The van der Waals surface area contributed by atoms with E-state index in [0.29, 0.717) is 41.0 Å². The van der Waals surface area contributed by atoms with Crippen LogP contribution in [-0.2, 0) is 16.0 Å². The van der Waals surface area contributed by atoms with Crippen molar-refractivity contribution < 1.29 is 23.9 Å². The summed E-state index contributed by atoms with van der Waals surface area (Å²) in [5.41, 5.74) is 2.33. The second kappa shape index (κ2) is 11.2. The summed E-state index contributed by atoms with van der Waals surface area (Å²) in [5, 5.41) is 2.54. The highest BCUT2D eigenvalue weighted by molar-refractivity contribution is 8.18. The van der Waals surface area contributed by atoms with Gasteiger partial charge in [0.1, 0.15) is 6.54 Å². The van der Waals surface area contributed by atoms with E-state index in [9.17, 15) is 14.4 Å². The van der Waals surface area contributed by atoms with E-state index in [1.54, 1.807) is 30.3 Å². The molecule has 1 heterocycles. The highest BCUT2D eigenvalue weighted by Crippen LogP contribution is 2.39. The molecule has 2 aromatic rings. The summed E-state index contributed by atoms with van der Waals surface area (Å²) in [4.78, 5) is 38.7. The van der Waals surface area contributed by atoms with Gasteiger partial charge in [-0.3, -0.25) is 19.3 Å². The molecule has 7 nitrogen and oxygen atoms in total. The molecule has 1 aliphatic heterocycles. The van der Waals surface area contributed by atoms with Crippen LogP contribution in [0.5, 0.6) is 11.5 Å². The largest absolute Gasteiger partial charge is 0.490 e. The lowest BCUT2D eigenvalue weighted by atomic mass is 10.1. The lowest BCUT2D eigenvalue weighted by Crippen LogP contribution is -2.36. The Hall–Kier alpha value is -2.97. The molecule has 9 heteroatoms. The van der Waals surface area contributed by atoms with Crippen molar-refractivity contribution in [1.82, 2.24) is 4.90 Å². The molecule has 3 amide bonds. The Morgan fingerprint density at radius 3 is 2.42 bits per heavy atom. The van der Waals surface area contributed by atoms with Crippen LogP contribution < -0.4 is 14.8 Å². The van der Waals surface area contributed by atoms with Crippen molar-refractivity contribution >= 4 is 52.2 Å². The molecule has 0 aliphatic carbocycles. The van der Waals surface area contributed by atoms with Gasteiger partial charge in [0.05, 0.1) is 23.1 Å². The quantitative estimate of drug-likeness (QED) is 0.477. The normalized spacial score (nSPS) is 14.7. The molecule has 0 radical (unpaired) electrons. The summed E-state index contributed by atoms with van der Waals surface area (Å²) in [6.07, 6.45) is 2.44. The highest BCUT2D eigenvalue weighted by atomic mass is 35.5. The molecule has 0 atom stereocenters. The minimum Gasteiger partial charge on any atom is -0.490 e. The Morgan fingerprint density at radius 1 is 1.09 bits per heavy atom. The summed E-state index contributed by atoms with van der Waals surface area (Å²) >= 11 is 7.11. The maximum atomic E-state index is 12.8. The monoisotopic (exact) mass is 488 g/mol. The molecule has 33 heavy (non-hydrogen) atoms. The van der Waals surface area contributed by atoms with Crippen LogP contribution >= 0.6 is 23.4 Å². The summed E-state index contributed by atoms with van der Waals surface area (Å²) in [6, 6.07) is 10.7. The molecule has 3 rings (SSSR count). The molecule has 0 bridgehead atoms. The zero-order valence-electron chi connectivity index (χ0n) is 18.6. The van der Waals surface area contributed by atoms with Gasteiger partial charge in [-0.2, -0.15) is 0 Å². The number of nitrogens with one attached hydrogen (secondary N) is 1. The molecule has 1 fully saturated rings. The van der Waals surface area contributed by atoms with Crippen LogP contribution in [0.3, 0.4) is 0 Å². The molecular formula is C24H25ClN2O5S. The average molecular weight is 489 g/mol. The van der Waals surface area contributed by atoms with E-state index >= 15 is 0 Å². The lowest BCUT2D eigenvalue weighted by Gasteiger charge is -2.14. The van der Waals surface area contributed by atoms with Crippen LogP contribution in [0.25, 0.3) is 6.08 Å². The molecular weight excluding hydrogens is 464 g/mol. The number of hydrogen-bond donors (Lipinski definition) is 1. The number of nitrogens with zero attached hydrogens (tertiary/aromatic N) is 1. The van der Waals surface area contributed by atoms with Gasteiger partial charge in [0, 0.05) is 5.69 Å². The van der Waals surface area contributed by atoms with Crippen molar-refractivity contribution in [3.63, 3.8) is 0 Å². The van der Waals surface area contributed by atoms with Gasteiger partial charge in [-0.1, -0.05) is 30.7 Å². The number of aryl methyl sites for hydroxylation is 1. The van der Waals surface area contributed by atoms with E-state index in [2.05, 4.69) is 5.32 Å². The van der Waals surface area contributed by atoms with E-state index in [1.807, 2.05) is 32.9 Å². The fourth-order valence-electron chi connectivity index (χ4n) is 3.17. The number of halogens is 1.